The fourth-order valence-corrected chi connectivity index (χ4v) is 1.82. The second kappa shape index (κ2) is 6.39. The maximum atomic E-state index is 11.9. The molecule has 1 aromatic heterocycles. The third-order valence-corrected chi connectivity index (χ3v) is 2.64. The van der Waals surface area contributed by atoms with E-state index in [-0.39, 0.29) is 23.6 Å². The highest BCUT2D eigenvalue weighted by atomic mass is 16.6. The van der Waals surface area contributed by atoms with Gasteiger partial charge in [0.05, 0.1) is 12.3 Å². The quantitative estimate of drug-likeness (QED) is 0.823. The lowest BCUT2D eigenvalue weighted by molar-refractivity contribution is 0.0522. The van der Waals surface area contributed by atoms with Crippen LogP contribution in [-0.2, 0) is 9.47 Å². The van der Waals surface area contributed by atoms with Crippen LogP contribution in [0.2, 0.25) is 0 Å². The predicted octanol–water partition coefficient (Wildman–Crippen LogP) is 1.91. The molecule has 0 aliphatic heterocycles. The highest BCUT2D eigenvalue weighted by molar-refractivity contribution is 5.96. The number of nitrogens with two attached hydrogens (primary N) is 1. The molecule has 0 aliphatic carbocycles. The standard InChI is InChI=1S/C14H20N4O4/c1-6-21-12(19)10-8(2)18(11(16)9(10)7-15)17-13(20)22-14(3,4)5/h6,16H2,1-5H3,(H,17,20). The molecule has 120 valence electrons. The summed E-state index contributed by atoms with van der Waals surface area (Å²) < 4.78 is 11.2. The van der Waals surface area contributed by atoms with Gasteiger partial charge in [-0.2, -0.15) is 5.26 Å². The molecule has 1 aromatic rings. The molecule has 8 heteroatoms. The van der Waals surface area contributed by atoms with Crippen LogP contribution in [0.25, 0.3) is 0 Å². The Morgan fingerprint density at radius 3 is 2.45 bits per heavy atom. The Hall–Kier alpha value is -2.69. The van der Waals surface area contributed by atoms with E-state index in [4.69, 9.17) is 15.2 Å². The molecule has 0 radical (unpaired) electrons. The summed E-state index contributed by atoms with van der Waals surface area (Å²) >= 11 is 0. The van der Waals surface area contributed by atoms with Crippen molar-refractivity contribution in [3.63, 3.8) is 0 Å². The SMILES string of the molecule is CCOC(=O)c1c(C#N)c(N)n(NC(=O)OC(C)(C)C)c1C. The van der Waals surface area contributed by atoms with Gasteiger partial charge in [-0.1, -0.05) is 0 Å². The first-order valence-electron chi connectivity index (χ1n) is 6.70. The highest BCUT2D eigenvalue weighted by Gasteiger charge is 2.26. The molecule has 0 unspecified atom stereocenters. The highest BCUT2D eigenvalue weighted by Crippen LogP contribution is 2.24. The third-order valence-electron chi connectivity index (χ3n) is 2.64. The Kier molecular flexibility index (Phi) is 5.04. The van der Waals surface area contributed by atoms with Gasteiger partial charge >= 0.3 is 12.1 Å². The normalized spacial score (nSPS) is 10.7. The average molecular weight is 308 g/mol. The van der Waals surface area contributed by atoms with Crippen LogP contribution in [0, 0.1) is 18.3 Å². The zero-order valence-electron chi connectivity index (χ0n) is 13.3. The van der Waals surface area contributed by atoms with Crippen molar-refractivity contribution < 1.29 is 19.1 Å². The van der Waals surface area contributed by atoms with Crippen LogP contribution >= 0.6 is 0 Å². The largest absolute Gasteiger partial charge is 0.462 e. The predicted molar refractivity (Wildman–Crippen MR) is 79.8 cm³/mol. The topological polar surface area (TPSA) is 119 Å². The van der Waals surface area contributed by atoms with Gasteiger partial charge in [0, 0.05) is 0 Å². The minimum Gasteiger partial charge on any atom is -0.462 e. The van der Waals surface area contributed by atoms with Crippen molar-refractivity contribution in [2.24, 2.45) is 0 Å². The molecule has 1 rings (SSSR count). The Balaban J connectivity index is 3.20. The van der Waals surface area contributed by atoms with E-state index in [1.54, 1.807) is 34.6 Å². The number of nitriles is 1. The molecule has 1 heterocycles. The van der Waals surface area contributed by atoms with Crippen LogP contribution < -0.4 is 11.2 Å². The fourth-order valence-electron chi connectivity index (χ4n) is 1.82. The molecule has 0 spiro atoms. The lowest BCUT2D eigenvalue weighted by Gasteiger charge is -2.20. The number of nitrogens with zero attached hydrogens (tertiary/aromatic N) is 2. The minimum absolute atomic E-state index is 0.0258. The van der Waals surface area contributed by atoms with Crippen molar-refractivity contribution in [3.8, 4) is 6.07 Å². The van der Waals surface area contributed by atoms with Gasteiger partial charge in [-0.05, 0) is 34.6 Å². The summed E-state index contributed by atoms with van der Waals surface area (Å²) in [7, 11) is 0. The average Bonchev–Trinajstić information content (AvgIpc) is 2.60. The summed E-state index contributed by atoms with van der Waals surface area (Å²) in [5, 5.41) is 9.18. The van der Waals surface area contributed by atoms with E-state index in [2.05, 4.69) is 5.43 Å². The number of hydrogen-bond donors (Lipinski definition) is 2. The second-order valence-corrected chi connectivity index (χ2v) is 5.50. The first-order chi connectivity index (χ1) is 10.1. The van der Waals surface area contributed by atoms with E-state index in [9.17, 15) is 14.9 Å². The number of aromatic nitrogens is 1. The summed E-state index contributed by atoms with van der Waals surface area (Å²) in [5.74, 6) is -0.734. The molecule has 0 bridgehead atoms. The van der Waals surface area contributed by atoms with E-state index in [0.29, 0.717) is 5.69 Å². The number of hydrogen-bond acceptors (Lipinski definition) is 6. The van der Waals surface area contributed by atoms with Crippen LogP contribution in [0.3, 0.4) is 0 Å². The molecule has 8 nitrogen and oxygen atoms in total. The number of carbonyl (C=O) groups excluding carboxylic acids is 2. The monoisotopic (exact) mass is 308 g/mol. The van der Waals surface area contributed by atoms with Gasteiger partial charge < -0.3 is 15.2 Å². The Morgan fingerprint density at radius 2 is 2.00 bits per heavy atom. The van der Waals surface area contributed by atoms with Crippen molar-refractivity contribution in [2.45, 2.75) is 40.2 Å². The Labute approximate surface area is 128 Å². The molecule has 1 amide bonds. The first-order valence-corrected chi connectivity index (χ1v) is 6.70. The minimum atomic E-state index is -0.753. The molecule has 0 saturated heterocycles. The van der Waals surface area contributed by atoms with Crippen LogP contribution in [0.4, 0.5) is 10.6 Å². The lowest BCUT2D eigenvalue weighted by Crippen LogP contribution is -2.32. The number of rotatable bonds is 3. The van der Waals surface area contributed by atoms with E-state index >= 15 is 0 Å². The summed E-state index contributed by atoms with van der Waals surface area (Å²) in [6, 6.07) is 1.85. The first kappa shape index (κ1) is 17.4. The molecular weight excluding hydrogens is 288 g/mol. The van der Waals surface area contributed by atoms with E-state index in [0.717, 1.165) is 4.68 Å². The number of esters is 1. The Bertz CT molecular complexity index is 635. The fraction of sp³-hybridized carbons (Fsp3) is 0.500. The van der Waals surface area contributed by atoms with Crippen LogP contribution in [0.1, 0.15) is 49.3 Å². The zero-order chi connectivity index (χ0) is 17.1. The number of carbonyl (C=O) groups is 2. The molecule has 0 aromatic carbocycles. The van der Waals surface area contributed by atoms with Gasteiger partial charge in [0.1, 0.15) is 28.6 Å². The third kappa shape index (κ3) is 3.69. The van der Waals surface area contributed by atoms with Gasteiger partial charge in [-0.15, -0.1) is 0 Å². The number of nitrogen functional groups attached to an aromatic ring is 1. The van der Waals surface area contributed by atoms with Crippen molar-refractivity contribution in [1.29, 1.82) is 5.26 Å². The van der Waals surface area contributed by atoms with Crippen molar-refractivity contribution in [2.75, 3.05) is 17.8 Å². The number of nitrogens with one attached hydrogen (secondary N) is 1. The van der Waals surface area contributed by atoms with Crippen molar-refractivity contribution >= 4 is 17.9 Å². The number of anilines is 1. The molecule has 0 saturated carbocycles. The van der Waals surface area contributed by atoms with E-state index in [1.165, 1.54) is 0 Å². The molecule has 0 atom stereocenters. The van der Waals surface area contributed by atoms with Crippen LogP contribution in [0.5, 0.6) is 0 Å². The maximum absolute atomic E-state index is 11.9. The van der Waals surface area contributed by atoms with Gasteiger partial charge in [-0.25, -0.2) is 19.7 Å². The van der Waals surface area contributed by atoms with Crippen molar-refractivity contribution in [3.05, 3.63) is 16.8 Å². The maximum Gasteiger partial charge on any atom is 0.427 e. The van der Waals surface area contributed by atoms with Gasteiger partial charge in [0.2, 0.25) is 0 Å². The van der Waals surface area contributed by atoms with Crippen molar-refractivity contribution in [1.82, 2.24) is 4.68 Å². The molecular formula is C14H20N4O4. The summed E-state index contributed by atoms with van der Waals surface area (Å²) in [4.78, 5) is 23.8. The number of amides is 1. The molecule has 3 N–H and O–H groups in total. The van der Waals surface area contributed by atoms with E-state index in [1.807, 2.05) is 6.07 Å². The second-order valence-electron chi connectivity index (χ2n) is 5.50. The van der Waals surface area contributed by atoms with Gasteiger partial charge in [0.15, 0.2) is 0 Å². The molecule has 0 fully saturated rings. The smallest absolute Gasteiger partial charge is 0.427 e. The van der Waals surface area contributed by atoms with Gasteiger partial charge in [-0.3, -0.25) is 0 Å². The lowest BCUT2D eigenvalue weighted by atomic mass is 10.1. The number of ether oxygens (including phenoxy) is 2. The zero-order valence-corrected chi connectivity index (χ0v) is 13.3. The Morgan fingerprint density at radius 1 is 1.41 bits per heavy atom. The van der Waals surface area contributed by atoms with Gasteiger partial charge in [0.25, 0.3) is 0 Å². The molecule has 0 aliphatic rings. The summed E-state index contributed by atoms with van der Waals surface area (Å²) in [6.07, 6.45) is -0.753. The summed E-state index contributed by atoms with van der Waals surface area (Å²) in [6.45, 7) is 8.49. The van der Waals surface area contributed by atoms with E-state index < -0.39 is 17.7 Å². The van der Waals surface area contributed by atoms with Crippen LogP contribution in [0.15, 0.2) is 0 Å². The summed E-state index contributed by atoms with van der Waals surface area (Å²) in [5.41, 5.74) is 7.80. The molecule has 22 heavy (non-hydrogen) atoms. The van der Waals surface area contributed by atoms with Crippen LogP contribution in [-0.4, -0.2) is 28.9 Å².